The summed E-state index contributed by atoms with van der Waals surface area (Å²) in [6.07, 6.45) is 0.767. The van der Waals surface area contributed by atoms with Gasteiger partial charge in [-0.1, -0.05) is 60.7 Å². The first-order chi connectivity index (χ1) is 20.3. The van der Waals surface area contributed by atoms with E-state index in [-0.39, 0.29) is 24.1 Å². The number of methoxy groups -OCH3 is 1. The number of fused-ring (bicyclic) bond motifs is 3. The average Bonchev–Trinajstić information content (AvgIpc) is 2.99. The molecule has 7 heteroatoms. The van der Waals surface area contributed by atoms with Crippen LogP contribution in [0.15, 0.2) is 85.1 Å². The number of allylic oxidation sites excluding steroid dienone is 1. The van der Waals surface area contributed by atoms with Gasteiger partial charge in [0.15, 0.2) is 5.78 Å². The van der Waals surface area contributed by atoms with Crippen LogP contribution in [0.5, 0.6) is 11.5 Å². The van der Waals surface area contributed by atoms with E-state index in [0.717, 1.165) is 11.1 Å². The average molecular weight is 569 g/mol. The van der Waals surface area contributed by atoms with Gasteiger partial charge in [-0.15, -0.1) is 0 Å². The predicted octanol–water partition coefficient (Wildman–Crippen LogP) is 5.94. The summed E-state index contributed by atoms with van der Waals surface area (Å²) < 4.78 is 30.8. The molecule has 1 saturated heterocycles. The highest BCUT2D eigenvalue weighted by atomic mass is 16.5. The molecule has 0 radical (unpaired) electrons. The van der Waals surface area contributed by atoms with Crippen molar-refractivity contribution in [1.82, 2.24) is 0 Å². The van der Waals surface area contributed by atoms with Crippen LogP contribution in [0.1, 0.15) is 43.4 Å². The van der Waals surface area contributed by atoms with Crippen LogP contribution < -0.4 is 9.47 Å². The molecule has 0 bridgehead atoms. The first-order valence-electron chi connectivity index (χ1n) is 14.4. The monoisotopic (exact) mass is 568 g/mol. The standard InChI is InChI=1S/C35H36O7/c1-35(2)18-27(36)31-30(42-35)17-29(38-3)32-33(37)26(21-41-34(31)32)25-15-14-24(39-19-22-10-6-4-7-11-22)16-28(25)40-20-23-12-8-5-9-13-23/h4-16,21,29-32,34H,17-20H2,1-3H3. The highest BCUT2D eigenvalue weighted by Gasteiger charge is 2.57. The molecule has 0 spiro atoms. The number of carbonyl (C=O) groups is 2. The molecule has 6 rings (SSSR count). The van der Waals surface area contributed by atoms with Gasteiger partial charge in [-0.05, 0) is 37.1 Å². The van der Waals surface area contributed by atoms with Gasteiger partial charge in [0.1, 0.15) is 36.6 Å². The van der Waals surface area contributed by atoms with Crippen molar-refractivity contribution in [3.8, 4) is 11.5 Å². The van der Waals surface area contributed by atoms with Crippen LogP contribution in [0.4, 0.5) is 0 Å². The van der Waals surface area contributed by atoms with Crippen molar-refractivity contribution in [1.29, 1.82) is 0 Å². The van der Waals surface area contributed by atoms with Crippen molar-refractivity contribution in [3.63, 3.8) is 0 Å². The van der Waals surface area contributed by atoms with Crippen LogP contribution in [-0.4, -0.2) is 42.6 Å². The molecule has 0 amide bonds. The number of benzene rings is 3. The lowest BCUT2D eigenvalue weighted by Crippen LogP contribution is -2.61. The van der Waals surface area contributed by atoms with E-state index >= 15 is 0 Å². The highest BCUT2D eigenvalue weighted by Crippen LogP contribution is 2.47. The molecule has 5 unspecified atom stereocenters. The Hall–Kier alpha value is -3.94. The third-order valence-corrected chi connectivity index (χ3v) is 8.36. The molecule has 42 heavy (non-hydrogen) atoms. The number of ketones is 2. The van der Waals surface area contributed by atoms with Crippen LogP contribution in [0, 0.1) is 11.8 Å². The Kier molecular flexibility index (Phi) is 7.88. The first kappa shape index (κ1) is 28.2. The molecule has 2 aliphatic heterocycles. The normalized spacial score (nSPS) is 26.4. The summed E-state index contributed by atoms with van der Waals surface area (Å²) in [6.45, 7) is 4.56. The van der Waals surface area contributed by atoms with E-state index < -0.39 is 29.6 Å². The second kappa shape index (κ2) is 11.7. The fraction of sp³-hybridized carbons (Fsp3) is 0.371. The quantitative estimate of drug-likeness (QED) is 0.333. The van der Waals surface area contributed by atoms with Crippen LogP contribution in [0.3, 0.4) is 0 Å². The van der Waals surface area contributed by atoms with Crippen molar-refractivity contribution in [2.45, 2.75) is 63.8 Å². The highest BCUT2D eigenvalue weighted by molar-refractivity contribution is 6.23. The van der Waals surface area contributed by atoms with E-state index in [2.05, 4.69) is 0 Å². The maximum Gasteiger partial charge on any atom is 0.176 e. The Morgan fingerprint density at radius 3 is 2.19 bits per heavy atom. The number of Topliss-reactive ketones (excluding diaryl/α,β-unsaturated/α-hetero) is 2. The smallest absolute Gasteiger partial charge is 0.176 e. The lowest BCUT2D eigenvalue weighted by molar-refractivity contribution is -0.206. The van der Waals surface area contributed by atoms with E-state index in [0.29, 0.717) is 42.3 Å². The summed E-state index contributed by atoms with van der Waals surface area (Å²) in [4.78, 5) is 27.5. The van der Waals surface area contributed by atoms with Crippen molar-refractivity contribution in [3.05, 3.63) is 102 Å². The zero-order valence-electron chi connectivity index (χ0n) is 24.2. The van der Waals surface area contributed by atoms with Crippen molar-refractivity contribution >= 4 is 17.1 Å². The van der Waals surface area contributed by atoms with Crippen LogP contribution >= 0.6 is 0 Å². The Morgan fingerprint density at radius 2 is 1.52 bits per heavy atom. The summed E-state index contributed by atoms with van der Waals surface area (Å²) in [6, 6.07) is 25.2. The zero-order chi connectivity index (χ0) is 29.3. The summed E-state index contributed by atoms with van der Waals surface area (Å²) in [7, 11) is 1.59. The SMILES string of the molecule is COC1CC2OC(C)(C)CC(=O)C2C2OC=C(c3ccc(OCc4ccccc4)cc3OCc3ccccc3)C(=O)C12. The molecule has 3 aromatic rings. The molecule has 3 aromatic carbocycles. The van der Waals surface area contributed by atoms with Crippen LogP contribution in [0.2, 0.25) is 0 Å². The second-order valence-corrected chi connectivity index (χ2v) is 11.8. The molecule has 2 heterocycles. The van der Waals surface area contributed by atoms with Gasteiger partial charge in [-0.3, -0.25) is 9.59 Å². The van der Waals surface area contributed by atoms with Crippen molar-refractivity contribution in [2.24, 2.45) is 11.8 Å². The second-order valence-electron chi connectivity index (χ2n) is 11.8. The molecule has 218 valence electrons. The fourth-order valence-electron chi connectivity index (χ4n) is 6.39. The Labute approximate surface area is 246 Å². The Bertz CT molecular complexity index is 1460. The summed E-state index contributed by atoms with van der Waals surface area (Å²) in [5.41, 5.74) is 2.47. The number of hydrogen-bond donors (Lipinski definition) is 0. The van der Waals surface area contributed by atoms with Gasteiger partial charge in [-0.25, -0.2) is 0 Å². The van der Waals surface area contributed by atoms with Gasteiger partial charge < -0.3 is 23.7 Å². The molecular formula is C35H36O7. The first-order valence-corrected chi connectivity index (χ1v) is 14.4. The van der Waals surface area contributed by atoms with Gasteiger partial charge in [0.05, 0.1) is 41.5 Å². The van der Waals surface area contributed by atoms with E-state index in [1.54, 1.807) is 7.11 Å². The van der Waals surface area contributed by atoms with E-state index in [1.165, 1.54) is 6.26 Å². The lowest BCUT2D eigenvalue weighted by atomic mass is 9.66. The molecular weight excluding hydrogens is 532 g/mol. The largest absolute Gasteiger partial charge is 0.496 e. The van der Waals surface area contributed by atoms with Gasteiger partial charge in [0.25, 0.3) is 0 Å². The van der Waals surface area contributed by atoms with Crippen molar-refractivity contribution < 1.29 is 33.3 Å². The zero-order valence-corrected chi connectivity index (χ0v) is 24.2. The van der Waals surface area contributed by atoms with E-state index in [4.69, 9.17) is 23.7 Å². The fourth-order valence-corrected chi connectivity index (χ4v) is 6.39. The maximum absolute atomic E-state index is 14.2. The maximum atomic E-state index is 14.2. The van der Waals surface area contributed by atoms with E-state index in [1.807, 2.05) is 92.7 Å². The minimum absolute atomic E-state index is 0.0669. The van der Waals surface area contributed by atoms with Gasteiger partial charge in [0.2, 0.25) is 0 Å². The molecule has 0 N–H and O–H groups in total. The molecule has 2 fully saturated rings. The van der Waals surface area contributed by atoms with Gasteiger partial charge >= 0.3 is 0 Å². The Morgan fingerprint density at radius 1 is 0.857 bits per heavy atom. The molecule has 5 atom stereocenters. The van der Waals surface area contributed by atoms with Gasteiger partial charge in [-0.2, -0.15) is 0 Å². The molecule has 1 aliphatic carbocycles. The molecule has 1 saturated carbocycles. The molecule has 3 aliphatic rings. The molecule has 0 aromatic heterocycles. The Balaban J connectivity index is 1.31. The van der Waals surface area contributed by atoms with Crippen molar-refractivity contribution in [2.75, 3.05) is 7.11 Å². The summed E-state index contributed by atoms with van der Waals surface area (Å²) >= 11 is 0. The van der Waals surface area contributed by atoms with Gasteiger partial charge in [0, 0.05) is 31.6 Å². The third-order valence-electron chi connectivity index (χ3n) is 8.36. The topological polar surface area (TPSA) is 80.3 Å². The number of rotatable bonds is 8. The minimum Gasteiger partial charge on any atom is -0.496 e. The van der Waals surface area contributed by atoms with Crippen LogP contribution in [0.25, 0.3) is 5.57 Å². The number of ether oxygens (including phenoxy) is 5. The predicted molar refractivity (Wildman–Crippen MR) is 157 cm³/mol. The minimum atomic E-state index is -0.643. The third kappa shape index (κ3) is 5.72. The van der Waals surface area contributed by atoms with E-state index in [9.17, 15) is 9.59 Å². The lowest BCUT2D eigenvalue weighted by Gasteiger charge is -2.50. The molecule has 7 nitrogen and oxygen atoms in total. The summed E-state index contributed by atoms with van der Waals surface area (Å²) in [5.74, 6) is -0.0858. The number of carbonyl (C=O) groups excluding carboxylic acids is 2. The van der Waals surface area contributed by atoms with Crippen LogP contribution in [-0.2, 0) is 37.0 Å². The summed E-state index contributed by atoms with van der Waals surface area (Å²) in [5, 5.41) is 0. The number of hydrogen-bond acceptors (Lipinski definition) is 7.